The highest BCUT2D eigenvalue weighted by Crippen LogP contribution is 2.18. The van der Waals surface area contributed by atoms with Gasteiger partial charge in [-0.3, -0.25) is 29.3 Å². The minimum Gasteiger partial charge on any atom is -0.481 e. The summed E-state index contributed by atoms with van der Waals surface area (Å²) >= 11 is 0. The molecule has 7 heterocycles. The van der Waals surface area contributed by atoms with Gasteiger partial charge in [-0.1, -0.05) is 0 Å². The van der Waals surface area contributed by atoms with Crippen LogP contribution in [0, 0.1) is 0 Å². The second kappa shape index (κ2) is 16.9. The Bertz CT molecular complexity index is 2270. The van der Waals surface area contributed by atoms with Crippen LogP contribution in [-0.4, -0.2) is 63.9 Å². The lowest BCUT2D eigenvalue weighted by molar-refractivity contribution is -0.138. The lowest BCUT2D eigenvalue weighted by atomic mass is 10.2. The minimum absolute atomic E-state index is 0.168. The summed E-state index contributed by atoms with van der Waals surface area (Å²) < 4.78 is 1.81. The summed E-state index contributed by atoms with van der Waals surface area (Å²) in [6.45, 7) is 0. The van der Waals surface area contributed by atoms with Gasteiger partial charge in [0, 0.05) is 65.6 Å². The molecule has 7 rings (SSSR count). The minimum atomic E-state index is -1.08. The number of carboxylic acids is 1. The first-order valence-corrected chi connectivity index (χ1v) is 14.1. The molecule has 48 heavy (non-hydrogen) atoms. The summed E-state index contributed by atoms with van der Waals surface area (Å²) in [5.74, 6) is -0.489. The molecule has 0 unspecified atom stereocenters. The first-order chi connectivity index (χ1) is 23.3. The molecule has 15 heteroatoms. The molecule has 15 nitrogen and oxygen atoms in total. The van der Waals surface area contributed by atoms with Crippen LogP contribution in [0.4, 0.5) is 11.6 Å². The number of aliphatic carboxylic acids is 1. The van der Waals surface area contributed by atoms with Gasteiger partial charge in [-0.05, 0) is 54.6 Å². The normalized spacial score (nSPS) is 10.0. The van der Waals surface area contributed by atoms with Crippen LogP contribution in [0.3, 0.4) is 0 Å². The standard InChI is InChI=1S/C11H9N3O2.C11H7N3O.C8H7N3.C3H4O3/c15-7-4-10(16)14-11-8-2-1-5-12-9(8)3-6-13-11;15-10-4-7-14-6-3-9-8(11(14)13-10)2-1-5-12-9;9-8-6-2-1-4-10-7(6)3-5-11-8;4-2-1-3(5)6/h1-3,5-7H,4H2,(H,13,14,16);1-7H;1-5H,(H2,9,11);2H,1H2,(H,5,6). The molecule has 0 radical (unpaired) electrons. The number of nitrogen functional groups attached to an aromatic ring is 1. The van der Waals surface area contributed by atoms with Crippen LogP contribution < -0.4 is 16.6 Å². The molecular formula is C33H27N9O6. The fourth-order valence-electron chi connectivity index (χ4n) is 4.08. The van der Waals surface area contributed by atoms with E-state index in [0.29, 0.717) is 29.9 Å². The zero-order valence-electron chi connectivity index (χ0n) is 25.1. The number of carbonyl (C=O) groups is 4. The molecule has 7 aromatic rings. The molecule has 240 valence electrons. The van der Waals surface area contributed by atoms with Crippen molar-refractivity contribution in [3.63, 3.8) is 0 Å². The molecule has 0 atom stereocenters. The number of nitrogens with zero attached hydrogens (tertiary/aromatic N) is 7. The van der Waals surface area contributed by atoms with Crippen LogP contribution in [0.25, 0.3) is 38.4 Å². The van der Waals surface area contributed by atoms with E-state index in [1.165, 1.54) is 6.07 Å². The number of rotatable bonds is 5. The van der Waals surface area contributed by atoms with Crippen molar-refractivity contribution in [1.29, 1.82) is 0 Å². The number of amides is 1. The first kappa shape index (κ1) is 33.9. The fourth-order valence-corrected chi connectivity index (χ4v) is 4.08. The predicted molar refractivity (Wildman–Crippen MR) is 178 cm³/mol. The summed E-state index contributed by atoms with van der Waals surface area (Å²) in [5.41, 5.74) is 8.50. The Labute approximate surface area is 271 Å². The zero-order chi connectivity index (χ0) is 34.3. The summed E-state index contributed by atoms with van der Waals surface area (Å²) in [7, 11) is 0. The second-order valence-electron chi connectivity index (χ2n) is 9.43. The van der Waals surface area contributed by atoms with Crippen molar-refractivity contribution < 1.29 is 24.3 Å². The van der Waals surface area contributed by atoms with Gasteiger partial charge < -0.3 is 30.1 Å². The number of nitrogens with one attached hydrogen (secondary N) is 1. The Hall–Kier alpha value is -7.03. The molecule has 4 N–H and O–H groups in total. The quantitative estimate of drug-likeness (QED) is 0.139. The van der Waals surface area contributed by atoms with Crippen molar-refractivity contribution >= 4 is 74.4 Å². The number of hydrogen-bond donors (Lipinski definition) is 3. The van der Waals surface area contributed by atoms with Gasteiger partial charge in [0.25, 0.3) is 5.56 Å². The number of aldehydes is 2. The van der Waals surface area contributed by atoms with Crippen molar-refractivity contribution in [1.82, 2.24) is 34.3 Å². The summed E-state index contributed by atoms with van der Waals surface area (Å²) in [6, 6.07) is 18.0. The number of carbonyl (C=O) groups excluding carboxylic acids is 3. The number of pyridine rings is 6. The highest BCUT2D eigenvalue weighted by atomic mass is 16.4. The van der Waals surface area contributed by atoms with Gasteiger partial charge in [-0.2, -0.15) is 4.98 Å². The average molecular weight is 646 g/mol. The molecular weight excluding hydrogens is 618 g/mol. The van der Waals surface area contributed by atoms with Crippen LogP contribution in [0.5, 0.6) is 0 Å². The molecule has 7 aromatic heterocycles. The maximum atomic E-state index is 11.3. The van der Waals surface area contributed by atoms with Crippen molar-refractivity contribution in [2.75, 3.05) is 11.1 Å². The third-order valence-corrected chi connectivity index (χ3v) is 6.19. The SMILES string of the molecule is Nc1nccc2ncccc12.O=CCC(=O)Nc1nccc2ncccc12.O=CCC(=O)O.O=c1ccn2ccc3ncccc3c2n1. The topological polar surface area (TPSA) is 225 Å². The maximum Gasteiger partial charge on any atom is 0.310 e. The number of nitrogens with two attached hydrogens (primary N) is 1. The van der Waals surface area contributed by atoms with E-state index in [1.54, 1.807) is 49.3 Å². The molecule has 1 amide bonds. The van der Waals surface area contributed by atoms with E-state index < -0.39 is 5.97 Å². The number of aromatic nitrogens is 7. The molecule has 0 fully saturated rings. The smallest absolute Gasteiger partial charge is 0.310 e. The van der Waals surface area contributed by atoms with Gasteiger partial charge >= 0.3 is 5.97 Å². The first-order valence-electron chi connectivity index (χ1n) is 14.1. The Morgan fingerprint density at radius 2 is 1.27 bits per heavy atom. The summed E-state index contributed by atoms with van der Waals surface area (Å²) in [5, 5.41) is 12.8. The lowest BCUT2D eigenvalue weighted by Gasteiger charge is -2.05. The van der Waals surface area contributed by atoms with Gasteiger partial charge in [0.2, 0.25) is 5.91 Å². The second-order valence-corrected chi connectivity index (χ2v) is 9.43. The van der Waals surface area contributed by atoms with E-state index >= 15 is 0 Å². The Morgan fingerprint density at radius 3 is 1.88 bits per heavy atom. The van der Waals surface area contributed by atoms with E-state index in [-0.39, 0.29) is 24.3 Å². The van der Waals surface area contributed by atoms with Gasteiger partial charge in [-0.25, -0.2) is 9.97 Å². The lowest BCUT2D eigenvalue weighted by Crippen LogP contribution is -2.12. The van der Waals surface area contributed by atoms with Crippen molar-refractivity contribution in [2.24, 2.45) is 0 Å². The molecule has 0 aliphatic carbocycles. The van der Waals surface area contributed by atoms with Gasteiger partial charge in [0.15, 0.2) is 0 Å². The number of fused-ring (bicyclic) bond motifs is 5. The average Bonchev–Trinajstić information content (AvgIpc) is 3.10. The Balaban J connectivity index is 0.000000152. The number of hydrogen-bond acceptors (Lipinski definition) is 12. The summed E-state index contributed by atoms with van der Waals surface area (Å²) in [4.78, 5) is 75.6. The van der Waals surface area contributed by atoms with Crippen molar-refractivity contribution in [3.05, 3.63) is 114 Å². The number of carboxylic acid groups (broad SMARTS) is 1. The maximum absolute atomic E-state index is 11.3. The van der Waals surface area contributed by atoms with Crippen LogP contribution >= 0.6 is 0 Å². The molecule has 0 spiro atoms. The largest absolute Gasteiger partial charge is 0.481 e. The van der Waals surface area contributed by atoms with E-state index in [0.717, 1.165) is 32.7 Å². The van der Waals surface area contributed by atoms with Crippen LogP contribution in [0.2, 0.25) is 0 Å². The molecule has 0 bridgehead atoms. The molecule has 0 aliphatic rings. The molecule has 0 saturated carbocycles. The van der Waals surface area contributed by atoms with Crippen LogP contribution in [0.1, 0.15) is 12.8 Å². The Morgan fingerprint density at radius 1 is 0.708 bits per heavy atom. The third kappa shape index (κ3) is 9.24. The van der Waals surface area contributed by atoms with Gasteiger partial charge in [-0.15, -0.1) is 0 Å². The van der Waals surface area contributed by atoms with E-state index in [2.05, 4.69) is 35.2 Å². The highest BCUT2D eigenvalue weighted by molar-refractivity contribution is 6.02. The Kier molecular flexibility index (Phi) is 11.9. The van der Waals surface area contributed by atoms with Crippen LogP contribution in [0.15, 0.2) is 109 Å². The van der Waals surface area contributed by atoms with Gasteiger partial charge in [0.1, 0.15) is 36.3 Å². The zero-order valence-corrected chi connectivity index (χ0v) is 25.1. The third-order valence-electron chi connectivity index (χ3n) is 6.19. The van der Waals surface area contributed by atoms with E-state index in [1.807, 2.05) is 53.1 Å². The monoisotopic (exact) mass is 645 g/mol. The number of anilines is 2. The van der Waals surface area contributed by atoms with Crippen molar-refractivity contribution in [2.45, 2.75) is 12.8 Å². The van der Waals surface area contributed by atoms with Crippen LogP contribution in [-0.2, 0) is 19.2 Å². The van der Waals surface area contributed by atoms with Crippen molar-refractivity contribution in [3.8, 4) is 0 Å². The highest BCUT2D eigenvalue weighted by Gasteiger charge is 2.06. The molecule has 0 aliphatic heterocycles. The molecule has 0 aromatic carbocycles. The van der Waals surface area contributed by atoms with Gasteiger partial charge in [0.05, 0.1) is 23.0 Å². The molecule has 0 saturated heterocycles. The fraction of sp³-hybridized carbons (Fsp3) is 0.0606. The van der Waals surface area contributed by atoms with E-state index in [4.69, 9.17) is 10.8 Å². The predicted octanol–water partition coefficient (Wildman–Crippen LogP) is 3.27. The summed E-state index contributed by atoms with van der Waals surface area (Å²) in [6.07, 6.45) is 12.2. The van der Waals surface area contributed by atoms with E-state index in [9.17, 15) is 24.0 Å².